The van der Waals surface area contributed by atoms with Crippen LogP contribution >= 0.6 is 0 Å². The van der Waals surface area contributed by atoms with E-state index in [1.165, 1.54) is 0 Å². The molecule has 2 aromatic heterocycles. The number of pyridine rings is 1. The maximum Gasteiger partial charge on any atom is 0.254 e. The van der Waals surface area contributed by atoms with Gasteiger partial charge in [-0.15, -0.1) is 0 Å². The van der Waals surface area contributed by atoms with Crippen LogP contribution in [0.5, 0.6) is 17.2 Å². The van der Waals surface area contributed by atoms with Gasteiger partial charge in [0.05, 0.1) is 24.0 Å². The molecule has 0 fully saturated rings. The molecule has 150 valence electrons. The highest BCUT2D eigenvalue weighted by molar-refractivity contribution is 5.95. The molecule has 0 aliphatic carbocycles. The van der Waals surface area contributed by atoms with Crippen LogP contribution in [-0.4, -0.2) is 40.6 Å². The first-order valence-corrected chi connectivity index (χ1v) is 9.43. The number of nitrogens with zero attached hydrogens (tertiary/aromatic N) is 3. The summed E-state index contributed by atoms with van der Waals surface area (Å²) in [4.78, 5) is 17.0. The van der Waals surface area contributed by atoms with Crippen molar-refractivity contribution in [3.05, 3.63) is 60.0 Å². The Labute approximate surface area is 168 Å². The number of fused-ring (bicyclic) bond motifs is 1. The molecule has 8 heteroatoms. The first-order chi connectivity index (χ1) is 14.1. The van der Waals surface area contributed by atoms with Crippen molar-refractivity contribution in [3.63, 3.8) is 0 Å². The molecule has 0 radical (unpaired) electrons. The van der Waals surface area contributed by atoms with Gasteiger partial charge in [0.15, 0.2) is 17.3 Å². The first kappa shape index (κ1) is 18.8. The number of aromatic nitrogens is 3. The summed E-state index contributed by atoms with van der Waals surface area (Å²) in [5.41, 5.74) is 1.35. The summed E-state index contributed by atoms with van der Waals surface area (Å²) in [7, 11) is 0. The quantitative estimate of drug-likeness (QED) is 0.620. The number of ether oxygens (including phenoxy) is 3. The van der Waals surface area contributed by atoms with E-state index in [1.54, 1.807) is 29.2 Å². The van der Waals surface area contributed by atoms with Gasteiger partial charge >= 0.3 is 0 Å². The Bertz CT molecular complexity index is 1000. The molecule has 0 saturated carbocycles. The lowest BCUT2D eigenvalue weighted by atomic mass is 10.1. The second kappa shape index (κ2) is 8.22. The van der Waals surface area contributed by atoms with Crippen molar-refractivity contribution in [1.82, 2.24) is 20.1 Å². The van der Waals surface area contributed by atoms with E-state index in [9.17, 15) is 4.79 Å². The molecule has 3 heterocycles. The molecule has 3 aromatic rings. The predicted molar refractivity (Wildman–Crippen MR) is 106 cm³/mol. The van der Waals surface area contributed by atoms with Crippen LogP contribution in [0, 0.1) is 0 Å². The van der Waals surface area contributed by atoms with Crippen LogP contribution in [0.1, 0.15) is 35.8 Å². The Balaban J connectivity index is 1.38. The van der Waals surface area contributed by atoms with Gasteiger partial charge in [-0.05, 0) is 30.2 Å². The largest absolute Gasteiger partial charge is 0.492 e. The molecule has 4 rings (SSSR count). The summed E-state index contributed by atoms with van der Waals surface area (Å²) in [6.07, 6.45) is 3.28. The lowest BCUT2D eigenvalue weighted by Gasteiger charge is -2.12. The summed E-state index contributed by atoms with van der Waals surface area (Å²) >= 11 is 0. The number of hydrogen-bond acceptors (Lipinski definition) is 6. The fraction of sp³-hybridized carbons (Fsp3) is 0.286. The van der Waals surface area contributed by atoms with Gasteiger partial charge in [-0.1, -0.05) is 19.9 Å². The molecule has 1 N–H and O–H groups in total. The van der Waals surface area contributed by atoms with Crippen molar-refractivity contribution < 1.29 is 19.0 Å². The molecule has 0 saturated heterocycles. The molecule has 0 bridgehead atoms. The molecular weight excluding hydrogens is 372 g/mol. The van der Waals surface area contributed by atoms with Crippen LogP contribution in [0.3, 0.4) is 0 Å². The van der Waals surface area contributed by atoms with E-state index < -0.39 is 0 Å². The second-order valence-corrected chi connectivity index (χ2v) is 6.82. The summed E-state index contributed by atoms with van der Waals surface area (Å²) in [6, 6.07) is 11.0. The van der Waals surface area contributed by atoms with E-state index in [0.29, 0.717) is 41.8 Å². The summed E-state index contributed by atoms with van der Waals surface area (Å²) in [6.45, 7) is 4.96. The van der Waals surface area contributed by atoms with E-state index in [4.69, 9.17) is 14.2 Å². The summed E-state index contributed by atoms with van der Waals surface area (Å²) in [5, 5.41) is 7.26. The third-order valence-corrected chi connectivity index (χ3v) is 4.46. The summed E-state index contributed by atoms with van der Waals surface area (Å²) < 4.78 is 18.0. The highest BCUT2D eigenvalue weighted by atomic mass is 16.7. The fourth-order valence-corrected chi connectivity index (χ4v) is 3.15. The minimum Gasteiger partial charge on any atom is -0.492 e. The number of rotatable bonds is 7. The number of benzene rings is 1. The Hall–Kier alpha value is -3.55. The Morgan fingerprint density at radius 1 is 1.24 bits per heavy atom. The van der Waals surface area contributed by atoms with E-state index in [0.717, 1.165) is 5.69 Å². The zero-order valence-electron chi connectivity index (χ0n) is 16.3. The van der Waals surface area contributed by atoms with E-state index in [2.05, 4.69) is 15.4 Å². The Morgan fingerprint density at radius 2 is 2.10 bits per heavy atom. The first-order valence-electron chi connectivity index (χ1n) is 9.43. The molecule has 1 aliphatic heterocycles. The lowest BCUT2D eigenvalue weighted by molar-refractivity contribution is 0.0945. The predicted octanol–water partition coefficient (Wildman–Crippen LogP) is 2.93. The van der Waals surface area contributed by atoms with Crippen LogP contribution in [-0.2, 0) is 0 Å². The smallest absolute Gasteiger partial charge is 0.254 e. The lowest BCUT2D eigenvalue weighted by Crippen LogP contribution is -2.29. The molecule has 8 nitrogen and oxygen atoms in total. The number of nitrogens with one attached hydrogen (secondary N) is 1. The van der Waals surface area contributed by atoms with Gasteiger partial charge in [-0.3, -0.25) is 4.79 Å². The monoisotopic (exact) mass is 394 g/mol. The zero-order chi connectivity index (χ0) is 20.2. The number of carbonyl (C=O) groups is 1. The van der Waals surface area contributed by atoms with Crippen molar-refractivity contribution in [2.24, 2.45) is 0 Å². The SMILES string of the molecule is CC(C)c1c(C(=O)NCCOc2ccc3c(c2)OCO3)cnn1-c1ccccn1. The second-order valence-electron chi connectivity index (χ2n) is 6.82. The van der Waals surface area contributed by atoms with Crippen LogP contribution < -0.4 is 19.5 Å². The highest BCUT2D eigenvalue weighted by Crippen LogP contribution is 2.35. The molecular formula is C21H22N4O4. The zero-order valence-corrected chi connectivity index (χ0v) is 16.3. The number of hydrogen-bond donors (Lipinski definition) is 1. The minimum atomic E-state index is -0.190. The Morgan fingerprint density at radius 3 is 2.90 bits per heavy atom. The van der Waals surface area contributed by atoms with Crippen LogP contribution in [0.25, 0.3) is 5.82 Å². The van der Waals surface area contributed by atoms with Gasteiger partial charge in [0.25, 0.3) is 5.91 Å². The third kappa shape index (κ3) is 4.01. The van der Waals surface area contributed by atoms with Crippen LogP contribution in [0.15, 0.2) is 48.8 Å². The normalized spacial score (nSPS) is 12.2. The number of amides is 1. The maximum absolute atomic E-state index is 12.7. The molecule has 0 spiro atoms. The summed E-state index contributed by atoms with van der Waals surface area (Å²) in [5.74, 6) is 2.62. The van der Waals surface area contributed by atoms with Gasteiger partial charge in [-0.25, -0.2) is 9.67 Å². The molecule has 1 aromatic carbocycles. The van der Waals surface area contributed by atoms with Crippen molar-refractivity contribution in [2.75, 3.05) is 19.9 Å². The third-order valence-electron chi connectivity index (χ3n) is 4.46. The standard InChI is InChI=1S/C21H22N4O4/c1-14(2)20-16(12-24-25(20)19-5-3-4-8-22-19)21(26)23-9-10-27-15-6-7-17-18(11-15)29-13-28-17/h3-8,11-12,14H,9-10,13H2,1-2H3,(H,23,26). The van der Waals surface area contributed by atoms with Gasteiger partial charge < -0.3 is 19.5 Å². The average molecular weight is 394 g/mol. The van der Waals surface area contributed by atoms with Crippen LogP contribution in [0.2, 0.25) is 0 Å². The number of carbonyl (C=O) groups excluding carboxylic acids is 1. The van der Waals surface area contributed by atoms with E-state index >= 15 is 0 Å². The van der Waals surface area contributed by atoms with E-state index in [-0.39, 0.29) is 18.6 Å². The van der Waals surface area contributed by atoms with Gasteiger partial charge in [0, 0.05) is 12.3 Å². The Kier molecular flexibility index (Phi) is 5.33. The highest BCUT2D eigenvalue weighted by Gasteiger charge is 2.21. The molecule has 1 amide bonds. The van der Waals surface area contributed by atoms with Crippen molar-refractivity contribution in [1.29, 1.82) is 0 Å². The van der Waals surface area contributed by atoms with Gasteiger partial charge in [-0.2, -0.15) is 5.10 Å². The van der Waals surface area contributed by atoms with Crippen molar-refractivity contribution in [3.8, 4) is 23.1 Å². The molecule has 1 aliphatic rings. The van der Waals surface area contributed by atoms with Crippen molar-refractivity contribution in [2.45, 2.75) is 19.8 Å². The minimum absolute atomic E-state index is 0.102. The van der Waals surface area contributed by atoms with Crippen LogP contribution in [0.4, 0.5) is 0 Å². The topological polar surface area (TPSA) is 87.5 Å². The maximum atomic E-state index is 12.7. The fourth-order valence-electron chi connectivity index (χ4n) is 3.15. The molecule has 0 unspecified atom stereocenters. The molecule has 29 heavy (non-hydrogen) atoms. The average Bonchev–Trinajstić information content (AvgIpc) is 3.38. The van der Waals surface area contributed by atoms with E-state index in [1.807, 2.05) is 38.1 Å². The van der Waals surface area contributed by atoms with Gasteiger partial charge in [0.2, 0.25) is 6.79 Å². The van der Waals surface area contributed by atoms with Gasteiger partial charge in [0.1, 0.15) is 12.4 Å². The molecule has 0 atom stereocenters. The van der Waals surface area contributed by atoms with Crippen molar-refractivity contribution >= 4 is 5.91 Å².